The van der Waals surface area contributed by atoms with Crippen LogP contribution in [0.2, 0.25) is 0 Å². The van der Waals surface area contributed by atoms with E-state index < -0.39 is 9.84 Å². The first-order valence-electron chi connectivity index (χ1n) is 5.66. The van der Waals surface area contributed by atoms with Gasteiger partial charge in [-0.25, -0.2) is 8.42 Å². The van der Waals surface area contributed by atoms with Crippen LogP contribution in [0.15, 0.2) is 33.6 Å². The zero-order chi connectivity index (χ0) is 13.8. The molecule has 6 heteroatoms. The second kappa shape index (κ2) is 6.65. The molecule has 1 N–H and O–H groups in total. The van der Waals surface area contributed by atoms with Crippen LogP contribution in [0.3, 0.4) is 0 Å². The van der Waals surface area contributed by atoms with E-state index in [4.69, 9.17) is 5.11 Å². The molecule has 18 heavy (non-hydrogen) atoms. The number of aliphatic hydroxyl groups excluding tert-OH is 1. The van der Waals surface area contributed by atoms with E-state index >= 15 is 0 Å². The number of rotatable bonds is 6. The van der Waals surface area contributed by atoms with Gasteiger partial charge in [0.25, 0.3) is 0 Å². The summed E-state index contributed by atoms with van der Waals surface area (Å²) in [5.41, 5.74) is 0. The molecule has 0 amide bonds. The van der Waals surface area contributed by atoms with E-state index in [9.17, 15) is 8.42 Å². The van der Waals surface area contributed by atoms with Gasteiger partial charge in [0.2, 0.25) is 0 Å². The maximum absolute atomic E-state index is 12.1. The van der Waals surface area contributed by atoms with E-state index in [1.54, 1.807) is 31.3 Å². The van der Waals surface area contributed by atoms with Gasteiger partial charge in [-0.05, 0) is 32.2 Å². The highest BCUT2D eigenvalue weighted by Gasteiger charge is 2.17. The zero-order valence-electron chi connectivity index (χ0n) is 10.5. The van der Waals surface area contributed by atoms with Crippen LogP contribution in [-0.2, 0) is 9.84 Å². The van der Waals surface area contributed by atoms with Crippen LogP contribution >= 0.6 is 15.9 Å². The molecule has 4 nitrogen and oxygen atoms in total. The molecule has 0 aromatic heterocycles. The van der Waals surface area contributed by atoms with Gasteiger partial charge in [-0.3, -0.25) is 0 Å². The van der Waals surface area contributed by atoms with Gasteiger partial charge in [0.15, 0.2) is 9.84 Å². The third-order valence-corrected chi connectivity index (χ3v) is 5.07. The second-order valence-corrected chi connectivity index (χ2v) is 7.31. The standard InChI is InChI=1S/C12H18BrNO3S/c1-10(9-15)14(2)6-7-18(16,17)12-5-3-4-11(13)8-12/h3-5,8,10,15H,6-7,9H2,1-2H3. The van der Waals surface area contributed by atoms with Crippen molar-refractivity contribution in [3.05, 3.63) is 28.7 Å². The van der Waals surface area contributed by atoms with Crippen molar-refractivity contribution in [3.63, 3.8) is 0 Å². The van der Waals surface area contributed by atoms with Crippen molar-refractivity contribution in [1.29, 1.82) is 0 Å². The highest BCUT2D eigenvalue weighted by Crippen LogP contribution is 2.17. The van der Waals surface area contributed by atoms with Crippen LogP contribution in [0.5, 0.6) is 0 Å². The van der Waals surface area contributed by atoms with E-state index in [1.807, 2.05) is 11.8 Å². The molecular formula is C12H18BrNO3S. The van der Waals surface area contributed by atoms with Crippen LogP contribution < -0.4 is 0 Å². The minimum absolute atomic E-state index is 0.0213. The lowest BCUT2D eigenvalue weighted by atomic mass is 10.3. The molecule has 1 unspecified atom stereocenters. The normalized spacial score (nSPS) is 13.8. The maximum atomic E-state index is 12.1. The van der Waals surface area contributed by atoms with E-state index in [0.717, 1.165) is 4.47 Å². The summed E-state index contributed by atoms with van der Waals surface area (Å²) >= 11 is 3.26. The van der Waals surface area contributed by atoms with Gasteiger partial charge >= 0.3 is 0 Å². The maximum Gasteiger partial charge on any atom is 0.179 e. The minimum Gasteiger partial charge on any atom is -0.395 e. The molecule has 0 fully saturated rings. The van der Waals surface area contributed by atoms with Crippen LogP contribution in [-0.4, -0.2) is 50.4 Å². The molecule has 0 bridgehead atoms. The fourth-order valence-corrected chi connectivity index (χ4v) is 3.31. The predicted octanol–water partition coefficient (Wildman–Crippen LogP) is 1.54. The van der Waals surface area contributed by atoms with E-state index in [0.29, 0.717) is 11.4 Å². The molecule has 1 aromatic carbocycles. The minimum atomic E-state index is -3.27. The smallest absolute Gasteiger partial charge is 0.179 e. The topological polar surface area (TPSA) is 57.6 Å². The Morgan fingerprint density at radius 2 is 2.11 bits per heavy atom. The summed E-state index contributed by atoms with van der Waals surface area (Å²) in [5.74, 6) is 0.0459. The van der Waals surface area contributed by atoms with E-state index in [-0.39, 0.29) is 18.4 Å². The van der Waals surface area contributed by atoms with Crippen molar-refractivity contribution in [2.75, 3.05) is 26.0 Å². The number of hydrogen-bond acceptors (Lipinski definition) is 4. The lowest BCUT2D eigenvalue weighted by molar-refractivity contribution is 0.165. The lowest BCUT2D eigenvalue weighted by Gasteiger charge is -2.22. The molecule has 102 valence electrons. The average Bonchev–Trinajstić information content (AvgIpc) is 2.35. The number of benzene rings is 1. The monoisotopic (exact) mass is 335 g/mol. The Labute approximate surface area is 117 Å². The van der Waals surface area contributed by atoms with Crippen molar-refractivity contribution in [2.45, 2.75) is 17.9 Å². The molecule has 0 aliphatic rings. The summed E-state index contributed by atoms with van der Waals surface area (Å²) in [6.07, 6.45) is 0. The number of likely N-dealkylation sites (N-methyl/N-ethyl adjacent to an activating group) is 1. The summed E-state index contributed by atoms with van der Waals surface area (Å²) in [6.45, 7) is 2.27. The van der Waals surface area contributed by atoms with E-state index in [2.05, 4.69) is 15.9 Å². The largest absolute Gasteiger partial charge is 0.395 e. The summed E-state index contributed by atoms with van der Waals surface area (Å²) in [6, 6.07) is 6.65. The van der Waals surface area contributed by atoms with Gasteiger partial charge in [-0.2, -0.15) is 0 Å². The van der Waals surface area contributed by atoms with Crippen LogP contribution in [0.4, 0.5) is 0 Å². The fraction of sp³-hybridized carbons (Fsp3) is 0.500. The van der Waals surface area contributed by atoms with Gasteiger partial charge in [-0.15, -0.1) is 0 Å². The zero-order valence-corrected chi connectivity index (χ0v) is 12.9. The fourth-order valence-electron chi connectivity index (χ4n) is 1.40. The SMILES string of the molecule is CC(CO)N(C)CCS(=O)(=O)c1cccc(Br)c1. The highest BCUT2D eigenvalue weighted by atomic mass is 79.9. The summed E-state index contributed by atoms with van der Waals surface area (Å²) in [7, 11) is -1.47. The quantitative estimate of drug-likeness (QED) is 0.856. The van der Waals surface area contributed by atoms with Crippen LogP contribution in [0.1, 0.15) is 6.92 Å². The van der Waals surface area contributed by atoms with Gasteiger partial charge in [0.1, 0.15) is 0 Å². The van der Waals surface area contributed by atoms with Crippen molar-refractivity contribution in [3.8, 4) is 0 Å². The molecule has 0 radical (unpaired) electrons. The average molecular weight is 336 g/mol. The first kappa shape index (κ1) is 15.6. The van der Waals surface area contributed by atoms with Crippen molar-refractivity contribution < 1.29 is 13.5 Å². The number of halogens is 1. The summed E-state index contributed by atoms with van der Waals surface area (Å²) in [4.78, 5) is 2.15. The first-order valence-corrected chi connectivity index (χ1v) is 8.11. The van der Waals surface area contributed by atoms with Crippen molar-refractivity contribution in [1.82, 2.24) is 4.90 Å². The molecule has 1 rings (SSSR count). The first-order chi connectivity index (χ1) is 8.36. The number of sulfone groups is 1. The van der Waals surface area contributed by atoms with Gasteiger partial charge in [0, 0.05) is 17.1 Å². The lowest BCUT2D eigenvalue weighted by Crippen LogP contribution is -2.35. The Bertz CT molecular complexity index is 490. The van der Waals surface area contributed by atoms with Crippen LogP contribution in [0, 0.1) is 0 Å². The van der Waals surface area contributed by atoms with Crippen molar-refractivity contribution in [2.24, 2.45) is 0 Å². The van der Waals surface area contributed by atoms with Gasteiger partial charge in [-0.1, -0.05) is 22.0 Å². The van der Waals surface area contributed by atoms with Crippen LogP contribution in [0.25, 0.3) is 0 Å². The molecule has 0 aliphatic heterocycles. The molecule has 0 saturated carbocycles. The molecule has 0 aliphatic carbocycles. The third-order valence-electron chi connectivity index (χ3n) is 2.88. The molecule has 0 saturated heterocycles. The Kier molecular flexibility index (Phi) is 5.78. The van der Waals surface area contributed by atoms with E-state index in [1.165, 1.54) is 0 Å². The molecule has 0 heterocycles. The summed E-state index contributed by atoms with van der Waals surface area (Å²) in [5, 5.41) is 8.99. The molecule has 0 spiro atoms. The Balaban J connectivity index is 2.72. The Morgan fingerprint density at radius 3 is 2.67 bits per heavy atom. The predicted molar refractivity (Wildman–Crippen MR) is 75.4 cm³/mol. The molecule has 1 atom stereocenters. The summed E-state index contributed by atoms with van der Waals surface area (Å²) < 4.78 is 24.9. The molecule has 1 aromatic rings. The number of hydrogen-bond donors (Lipinski definition) is 1. The van der Waals surface area contributed by atoms with Gasteiger partial charge in [0.05, 0.1) is 17.3 Å². The Hall–Kier alpha value is -0.430. The Morgan fingerprint density at radius 1 is 1.44 bits per heavy atom. The highest BCUT2D eigenvalue weighted by molar-refractivity contribution is 9.10. The number of aliphatic hydroxyl groups is 1. The number of nitrogens with zero attached hydrogens (tertiary/aromatic N) is 1. The third kappa shape index (κ3) is 4.35. The van der Waals surface area contributed by atoms with Crippen molar-refractivity contribution >= 4 is 25.8 Å². The molecular weight excluding hydrogens is 318 g/mol. The van der Waals surface area contributed by atoms with Gasteiger partial charge < -0.3 is 10.0 Å². The second-order valence-electron chi connectivity index (χ2n) is 4.29.